The Morgan fingerprint density at radius 2 is 2.00 bits per heavy atom. The second-order valence-electron chi connectivity index (χ2n) is 4.01. The van der Waals surface area contributed by atoms with Crippen LogP contribution in [0.15, 0.2) is 48.8 Å². The van der Waals surface area contributed by atoms with Crippen molar-refractivity contribution in [1.82, 2.24) is 4.98 Å². The van der Waals surface area contributed by atoms with Gasteiger partial charge in [0.25, 0.3) is 0 Å². The van der Waals surface area contributed by atoms with Crippen molar-refractivity contribution in [2.75, 3.05) is 0 Å². The Morgan fingerprint density at radius 1 is 1.28 bits per heavy atom. The number of carboxylic acids is 1. The van der Waals surface area contributed by atoms with Crippen molar-refractivity contribution in [2.24, 2.45) is 0 Å². The summed E-state index contributed by atoms with van der Waals surface area (Å²) < 4.78 is 12.8. The summed E-state index contributed by atoms with van der Waals surface area (Å²) in [6.45, 7) is 0. The highest BCUT2D eigenvalue weighted by Gasteiger charge is 2.20. The molecule has 0 unspecified atom stereocenters. The first-order valence-corrected chi connectivity index (χ1v) is 5.54. The van der Waals surface area contributed by atoms with E-state index in [0.717, 1.165) is 5.56 Å². The van der Waals surface area contributed by atoms with Gasteiger partial charge in [0.2, 0.25) is 0 Å². The molecule has 0 amide bonds. The number of pyridine rings is 1. The Hall–Kier alpha value is -2.23. The summed E-state index contributed by atoms with van der Waals surface area (Å²) in [4.78, 5) is 15.2. The predicted octanol–water partition coefficient (Wildman–Crippen LogP) is 2.63. The van der Waals surface area contributed by atoms with Gasteiger partial charge in [0, 0.05) is 12.4 Å². The van der Waals surface area contributed by atoms with Gasteiger partial charge in [0.05, 0.1) is 5.92 Å². The van der Waals surface area contributed by atoms with Gasteiger partial charge < -0.3 is 5.11 Å². The first-order chi connectivity index (χ1) is 8.66. The Labute approximate surface area is 104 Å². The van der Waals surface area contributed by atoms with E-state index < -0.39 is 11.9 Å². The van der Waals surface area contributed by atoms with Crippen molar-refractivity contribution < 1.29 is 14.3 Å². The van der Waals surface area contributed by atoms with E-state index in [9.17, 15) is 14.3 Å². The van der Waals surface area contributed by atoms with Crippen LogP contribution in [0.3, 0.4) is 0 Å². The molecule has 2 aromatic rings. The number of hydrogen-bond acceptors (Lipinski definition) is 2. The van der Waals surface area contributed by atoms with Crippen LogP contribution >= 0.6 is 0 Å². The average molecular weight is 245 g/mol. The van der Waals surface area contributed by atoms with Gasteiger partial charge in [-0.05, 0) is 35.7 Å². The summed E-state index contributed by atoms with van der Waals surface area (Å²) in [6.07, 6.45) is 3.62. The molecule has 3 nitrogen and oxygen atoms in total. The molecule has 92 valence electrons. The standard InChI is InChI=1S/C14H12FNO2/c15-12-5-3-11(4-6-12)13(14(17)18)8-10-2-1-7-16-9-10/h1-7,9,13H,8H2,(H,17,18)/t13-/m1/s1. The van der Waals surface area contributed by atoms with Crippen LogP contribution in [0, 0.1) is 5.82 Å². The third kappa shape index (κ3) is 2.91. The van der Waals surface area contributed by atoms with Crippen molar-refractivity contribution >= 4 is 5.97 Å². The number of benzene rings is 1. The zero-order chi connectivity index (χ0) is 13.0. The fraction of sp³-hybridized carbons (Fsp3) is 0.143. The molecular weight excluding hydrogens is 233 g/mol. The molecule has 1 aromatic heterocycles. The number of aliphatic carboxylic acids is 1. The zero-order valence-corrected chi connectivity index (χ0v) is 9.58. The number of rotatable bonds is 4. The molecule has 0 bridgehead atoms. The van der Waals surface area contributed by atoms with Gasteiger partial charge >= 0.3 is 5.97 Å². The van der Waals surface area contributed by atoms with E-state index in [1.807, 2.05) is 6.07 Å². The molecule has 0 aliphatic rings. The number of carbonyl (C=O) groups is 1. The average Bonchev–Trinajstić information content (AvgIpc) is 2.38. The smallest absolute Gasteiger partial charge is 0.311 e. The molecule has 0 spiro atoms. The monoisotopic (exact) mass is 245 g/mol. The van der Waals surface area contributed by atoms with Crippen LogP contribution in [-0.2, 0) is 11.2 Å². The number of hydrogen-bond donors (Lipinski definition) is 1. The number of aromatic nitrogens is 1. The molecule has 0 saturated carbocycles. The first-order valence-electron chi connectivity index (χ1n) is 5.54. The highest BCUT2D eigenvalue weighted by molar-refractivity contribution is 5.76. The van der Waals surface area contributed by atoms with Crippen LogP contribution in [0.2, 0.25) is 0 Å². The third-order valence-corrected chi connectivity index (χ3v) is 2.73. The number of carboxylic acid groups (broad SMARTS) is 1. The molecule has 1 N–H and O–H groups in total. The summed E-state index contributed by atoms with van der Waals surface area (Å²) >= 11 is 0. The SMILES string of the molecule is O=C(O)[C@H](Cc1cccnc1)c1ccc(F)cc1. The molecule has 18 heavy (non-hydrogen) atoms. The maximum Gasteiger partial charge on any atom is 0.311 e. The Kier molecular flexibility index (Phi) is 3.67. The van der Waals surface area contributed by atoms with Crippen LogP contribution in [-0.4, -0.2) is 16.1 Å². The van der Waals surface area contributed by atoms with Crippen molar-refractivity contribution in [2.45, 2.75) is 12.3 Å². The molecule has 0 fully saturated rings. The van der Waals surface area contributed by atoms with Gasteiger partial charge in [-0.25, -0.2) is 4.39 Å². The van der Waals surface area contributed by atoms with Gasteiger partial charge in [0.1, 0.15) is 5.82 Å². The molecule has 0 aliphatic heterocycles. The van der Waals surface area contributed by atoms with Gasteiger partial charge in [-0.15, -0.1) is 0 Å². The zero-order valence-electron chi connectivity index (χ0n) is 9.58. The first kappa shape index (κ1) is 12.2. The Bertz CT molecular complexity index is 525. The highest BCUT2D eigenvalue weighted by Crippen LogP contribution is 2.21. The van der Waals surface area contributed by atoms with Crippen molar-refractivity contribution in [3.63, 3.8) is 0 Å². The third-order valence-electron chi connectivity index (χ3n) is 2.73. The summed E-state index contributed by atoms with van der Waals surface area (Å²) in [5, 5.41) is 9.24. The molecule has 1 aromatic carbocycles. The van der Waals surface area contributed by atoms with Crippen LogP contribution in [0.5, 0.6) is 0 Å². The molecule has 0 aliphatic carbocycles. The summed E-state index contributed by atoms with van der Waals surface area (Å²) in [5.74, 6) is -1.98. The molecule has 4 heteroatoms. The fourth-order valence-corrected chi connectivity index (χ4v) is 1.80. The fourth-order valence-electron chi connectivity index (χ4n) is 1.80. The lowest BCUT2D eigenvalue weighted by molar-refractivity contribution is -0.138. The normalized spacial score (nSPS) is 12.1. The van der Waals surface area contributed by atoms with Crippen LogP contribution < -0.4 is 0 Å². The van der Waals surface area contributed by atoms with E-state index in [0.29, 0.717) is 12.0 Å². The second-order valence-corrected chi connectivity index (χ2v) is 4.01. The van der Waals surface area contributed by atoms with Gasteiger partial charge in [-0.3, -0.25) is 9.78 Å². The Morgan fingerprint density at radius 3 is 2.56 bits per heavy atom. The van der Waals surface area contributed by atoms with E-state index in [1.54, 1.807) is 18.5 Å². The Balaban J connectivity index is 2.24. The lowest BCUT2D eigenvalue weighted by Gasteiger charge is -2.12. The number of halogens is 1. The largest absolute Gasteiger partial charge is 0.481 e. The van der Waals surface area contributed by atoms with Gasteiger partial charge in [0.15, 0.2) is 0 Å². The predicted molar refractivity (Wildman–Crippen MR) is 64.7 cm³/mol. The maximum atomic E-state index is 12.8. The second kappa shape index (κ2) is 5.40. The number of nitrogens with zero attached hydrogens (tertiary/aromatic N) is 1. The topological polar surface area (TPSA) is 50.2 Å². The minimum atomic E-state index is -0.925. The van der Waals surface area contributed by atoms with E-state index in [1.165, 1.54) is 24.3 Å². The minimum Gasteiger partial charge on any atom is -0.481 e. The molecule has 1 heterocycles. The molecule has 0 radical (unpaired) electrons. The van der Waals surface area contributed by atoms with E-state index in [2.05, 4.69) is 4.98 Å². The van der Waals surface area contributed by atoms with E-state index in [-0.39, 0.29) is 5.82 Å². The van der Waals surface area contributed by atoms with Crippen LogP contribution in [0.25, 0.3) is 0 Å². The lowest BCUT2D eigenvalue weighted by atomic mass is 9.93. The van der Waals surface area contributed by atoms with Crippen molar-refractivity contribution in [3.8, 4) is 0 Å². The summed E-state index contributed by atoms with van der Waals surface area (Å²) in [7, 11) is 0. The van der Waals surface area contributed by atoms with Gasteiger partial charge in [-0.2, -0.15) is 0 Å². The minimum absolute atomic E-state index is 0.342. The summed E-state index contributed by atoms with van der Waals surface area (Å²) in [5.41, 5.74) is 1.43. The van der Waals surface area contributed by atoms with Gasteiger partial charge in [-0.1, -0.05) is 18.2 Å². The quantitative estimate of drug-likeness (QED) is 0.900. The molecule has 2 rings (SSSR count). The van der Waals surface area contributed by atoms with E-state index in [4.69, 9.17) is 0 Å². The molecule has 0 saturated heterocycles. The van der Waals surface area contributed by atoms with E-state index >= 15 is 0 Å². The summed E-state index contributed by atoms with van der Waals surface area (Å²) in [6, 6.07) is 9.14. The van der Waals surface area contributed by atoms with Crippen molar-refractivity contribution in [3.05, 3.63) is 65.7 Å². The maximum absolute atomic E-state index is 12.8. The highest BCUT2D eigenvalue weighted by atomic mass is 19.1. The van der Waals surface area contributed by atoms with Crippen molar-refractivity contribution in [1.29, 1.82) is 0 Å². The van der Waals surface area contributed by atoms with Crippen LogP contribution in [0.1, 0.15) is 17.0 Å². The molecule has 1 atom stereocenters. The molecular formula is C14H12FNO2. The lowest BCUT2D eigenvalue weighted by Crippen LogP contribution is -2.14. The van der Waals surface area contributed by atoms with Crippen LogP contribution in [0.4, 0.5) is 4.39 Å².